The minimum atomic E-state index is 1.10. The Hall–Kier alpha value is -7.23. The average molecular weight is 692 g/mol. The van der Waals surface area contributed by atoms with Crippen molar-refractivity contribution in [2.45, 2.75) is 0 Å². The highest BCUT2D eigenvalue weighted by Gasteiger charge is 2.21. The fourth-order valence-corrected chi connectivity index (χ4v) is 7.32. The van der Waals surface area contributed by atoms with Gasteiger partial charge in [0.15, 0.2) is 0 Å². The molecule has 0 atom stereocenters. The van der Waals surface area contributed by atoms with Gasteiger partial charge in [0, 0.05) is 46.1 Å². The van der Waals surface area contributed by atoms with Crippen molar-refractivity contribution in [2.24, 2.45) is 0 Å². The van der Waals surface area contributed by atoms with Gasteiger partial charge in [-0.15, -0.1) is 0 Å². The highest BCUT2D eigenvalue weighted by atomic mass is 15.1. The fraction of sp³-hybridized carbons (Fsp3) is 0. The smallest absolute Gasteiger partial charge is 0.0619 e. The number of benzene rings is 7. The predicted octanol–water partition coefficient (Wildman–Crippen LogP) is 13.7. The number of hydrogen-bond acceptors (Lipinski definition) is 2. The molecular weight excluding hydrogens is 655 g/mol. The zero-order valence-corrected chi connectivity index (χ0v) is 29.7. The number of aromatic nitrogens is 2. The molecule has 9 rings (SSSR count). The maximum absolute atomic E-state index is 4.17. The first-order valence-electron chi connectivity index (χ1n) is 18.3. The third-order valence-corrected chi connectivity index (χ3v) is 9.89. The molecule has 3 heteroatoms. The number of nitrogens with zero attached hydrogens (tertiary/aromatic N) is 3. The lowest BCUT2D eigenvalue weighted by Crippen LogP contribution is -2.09. The Bertz CT molecular complexity index is 2650. The summed E-state index contributed by atoms with van der Waals surface area (Å²) in [6.45, 7) is 0. The number of hydrogen-bond donors (Lipinski definition) is 0. The van der Waals surface area contributed by atoms with Crippen LogP contribution in [0.5, 0.6) is 0 Å². The van der Waals surface area contributed by atoms with Crippen LogP contribution in [0.2, 0.25) is 0 Å². The summed E-state index contributed by atoms with van der Waals surface area (Å²) >= 11 is 0. The molecule has 0 radical (unpaired) electrons. The van der Waals surface area contributed by atoms with E-state index in [-0.39, 0.29) is 0 Å². The van der Waals surface area contributed by atoms with E-state index in [4.69, 9.17) is 0 Å². The third kappa shape index (κ3) is 6.51. The highest BCUT2D eigenvalue weighted by Crippen LogP contribution is 2.43. The zero-order chi connectivity index (χ0) is 36.1. The van der Waals surface area contributed by atoms with Crippen molar-refractivity contribution in [2.75, 3.05) is 4.90 Å². The zero-order valence-electron chi connectivity index (χ0n) is 29.7. The SMILES string of the molecule is C(=C\c1ccc2c(c1)c(-c1ccccc1)c(-c1ccccc1)n2-c1ccccc1)/c1ccc(N(c2ccccc2)c2ccc(-c3ccncc3)cc2)cc1. The van der Waals surface area contributed by atoms with Gasteiger partial charge in [-0.25, -0.2) is 0 Å². The number of anilines is 3. The number of pyridine rings is 1. The minimum Gasteiger partial charge on any atom is -0.311 e. The summed E-state index contributed by atoms with van der Waals surface area (Å²) in [5, 5.41) is 1.22. The van der Waals surface area contributed by atoms with Gasteiger partial charge >= 0.3 is 0 Å². The molecule has 0 aliphatic heterocycles. The van der Waals surface area contributed by atoms with E-state index in [0.717, 1.165) is 45.0 Å². The van der Waals surface area contributed by atoms with Gasteiger partial charge in [0.25, 0.3) is 0 Å². The largest absolute Gasteiger partial charge is 0.311 e. The summed E-state index contributed by atoms with van der Waals surface area (Å²) in [7, 11) is 0. The number of rotatable bonds is 9. The molecule has 54 heavy (non-hydrogen) atoms. The molecule has 9 aromatic rings. The highest BCUT2D eigenvalue weighted by molar-refractivity contribution is 6.06. The van der Waals surface area contributed by atoms with Crippen molar-refractivity contribution in [3.05, 3.63) is 224 Å². The molecular formula is C51H37N3. The van der Waals surface area contributed by atoms with E-state index in [1.165, 1.54) is 33.3 Å². The first-order chi connectivity index (χ1) is 26.8. The predicted molar refractivity (Wildman–Crippen MR) is 227 cm³/mol. The van der Waals surface area contributed by atoms with Crippen molar-refractivity contribution in [3.8, 4) is 39.2 Å². The molecule has 0 aliphatic rings. The van der Waals surface area contributed by atoms with Gasteiger partial charge in [0.1, 0.15) is 0 Å². The second-order valence-electron chi connectivity index (χ2n) is 13.3. The molecule has 256 valence electrons. The molecule has 0 unspecified atom stereocenters. The van der Waals surface area contributed by atoms with E-state index in [1.807, 2.05) is 24.5 Å². The van der Waals surface area contributed by atoms with Crippen LogP contribution in [0.15, 0.2) is 213 Å². The Kier molecular flexibility index (Phi) is 8.94. The molecule has 0 saturated carbocycles. The Morgan fingerprint density at radius 1 is 0.407 bits per heavy atom. The van der Waals surface area contributed by atoms with E-state index in [0.29, 0.717) is 0 Å². The normalized spacial score (nSPS) is 11.3. The molecule has 0 bridgehead atoms. The van der Waals surface area contributed by atoms with Gasteiger partial charge in [0.2, 0.25) is 0 Å². The van der Waals surface area contributed by atoms with E-state index >= 15 is 0 Å². The monoisotopic (exact) mass is 691 g/mol. The van der Waals surface area contributed by atoms with Crippen molar-refractivity contribution in [3.63, 3.8) is 0 Å². The van der Waals surface area contributed by atoms with Crippen LogP contribution < -0.4 is 4.90 Å². The molecule has 2 heterocycles. The second-order valence-corrected chi connectivity index (χ2v) is 13.3. The lowest BCUT2D eigenvalue weighted by atomic mass is 9.97. The van der Waals surface area contributed by atoms with Crippen molar-refractivity contribution in [1.29, 1.82) is 0 Å². The summed E-state index contributed by atoms with van der Waals surface area (Å²) < 4.78 is 2.41. The molecule has 7 aromatic carbocycles. The molecule has 3 nitrogen and oxygen atoms in total. The lowest BCUT2D eigenvalue weighted by molar-refractivity contribution is 1.13. The van der Waals surface area contributed by atoms with E-state index < -0.39 is 0 Å². The summed E-state index contributed by atoms with van der Waals surface area (Å²) in [5.41, 5.74) is 15.0. The Balaban J connectivity index is 1.08. The van der Waals surface area contributed by atoms with Gasteiger partial charge in [-0.05, 0) is 106 Å². The third-order valence-electron chi connectivity index (χ3n) is 9.89. The van der Waals surface area contributed by atoms with Gasteiger partial charge in [-0.3, -0.25) is 4.98 Å². The van der Waals surface area contributed by atoms with Crippen LogP contribution in [0.3, 0.4) is 0 Å². The van der Waals surface area contributed by atoms with Gasteiger partial charge in [0.05, 0.1) is 11.2 Å². The topological polar surface area (TPSA) is 21.1 Å². The Morgan fingerprint density at radius 3 is 1.56 bits per heavy atom. The Morgan fingerprint density at radius 2 is 0.907 bits per heavy atom. The molecule has 2 aromatic heterocycles. The lowest BCUT2D eigenvalue weighted by Gasteiger charge is -2.25. The van der Waals surface area contributed by atoms with Gasteiger partial charge < -0.3 is 9.47 Å². The van der Waals surface area contributed by atoms with Crippen molar-refractivity contribution in [1.82, 2.24) is 9.55 Å². The van der Waals surface area contributed by atoms with Crippen molar-refractivity contribution < 1.29 is 0 Å². The molecule has 0 N–H and O–H groups in total. The fourth-order valence-electron chi connectivity index (χ4n) is 7.32. The quantitative estimate of drug-likeness (QED) is 0.141. The van der Waals surface area contributed by atoms with Gasteiger partial charge in [-0.1, -0.05) is 140 Å². The molecule has 0 amide bonds. The summed E-state index contributed by atoms with van der Waals surface area (Å²) in [5.74, 6) is 0. The van der Waals surface area contributed by atoms with Crippen LogP contribution >= 0.6 is 0 Å². The molecule has 0 spiro atoms. The minimum absolute atomic E-state index is 1.10. The maximum atomic E-state index is 4.17. The molecule has 0 saturated heterocycles. The second kappa shape index (κ2) is 14.8. The van der Waals surface area contributed by atoms with Crippen LogP contribution in [-0.4, -0.2) is 9.55 Å². The molecule has 0 fully saturated rings. The summed E-state index contributed by atoms with van der Waals surface area (Å²) in [6.07, 6.45) is 8.09. The van der Waals surface area contributed by atoms with Crippen LogP contribution in [0.1, 0.15) is 11.1 Å². The van der Waals surface area contributed by atoms with Crippen LogP contribution in [0, 0.1) is 0 Å². The number of fused-ring (bicyclic) bond motifs is 1. The number of para-hydroxylation sites is 2. The van der Waals surface area contributed by atoms with Crippen LogP contribution in [0.25, 0.3) is 62.3 Å². The van der Waals surface area contributed by atoms with Crippen molar-refractivity contribution >= 4 is 40.1 Å². The Labute approximate surface area is 316 Å². The standard InChI is InChI=1S/C51H37N3/c1-5-13-42(14-6-1)50-48-37-39(25-32-49(48)54(45-19-11-4-12-20-45)51(50)43-15-7-2-8-16-43)22-21-38-23-28-46(29-24-38)53(44-17-9-3-10-18-44)47-30-26-40(27-31-47)41-33-35-52-36-34-41/h1-37H/b22-21+. The molecule has 0 aliphatic carbocycles. The average Bonchev–Trinajstić information content (AvgIpc) is 3.60. The van der Waals surface area contributed by atoms with E-state index in [1.54, 1.807) is 0 Å². The van der Waals surface area contributed by atoms with Crippen LogP contribution in [0.4, 0.5) is 17.1 Å². The summed E-state index contributed by atoms with van der Waals surface area (Å²) in [6, 6.07) is 71.1. The van der Waals surface area contributed by atoms with E-state index in [2.05, 4.69) is 215 Å². The van der Waals surface area contributed by atoms with E-state index in [9.17, 15) is 0 Å². The summed E-state index contributed by atoms with van der Waals surface area (Å²) in [4.78, 5) is 6.47. The van der Waals surface area contributed by atoms with Gasteiger partial charge in [-0.2, -0.15) is 0 Å². The maximum Gasteiger partial charge on any atom is 0.0619 e. The first-order valence-corrected chi connectivity index (χ1v) is 18.3. The first kappa shape index (κ1) is 32.7. The van der Waals surface area contributed by atoms with Crippen LogP contribution in [-0.2, 0) is 0 Å².